The first-order valence-electron chi connectivity index (χ1n) is 5.75. The third-order valence-electron chi connectivity index (χ3n) is 2.79. The second-order valence-electron chi connectivity index (χ2n) is 4.42. The lowest BCUT2D eigenvalue weighted by Crippen LogP contribution is -2.23. The third-order valence-corrected chi connectivity index (χ3v) is 4.35. The van der Waals surface area contributed by atoms with E-state index in [-0.39, 0.29) is 11.4 Å². The fourth-order valence-corrected chi connectivity index (χ4v) is 3.08. The second-order valence-corrected chi connectivity index (χ2v) is 6.15. The SMILES string of the molecule is Cc1cc(F)ccc1S(=O)(=O)NCc1ccn(C)c1. The van der Waals surface area contributed by atoms with E-state index in [9.17, 15) is 12.8 Å². The first-order chi connectivity index (χ1) is 8.88. The first kappa shape index (κ1) is 13.8. The quantitative estimate of drug-likeness (QED) is 0.932. The van der Waals surface area contributed by atoms with Crippen molar-refractivity contribution in [3.8, 4) is 0 Å². The number of hydrogen-bond acceptors (Lipinski definition) is 2. The summed E-state index contributed by atoms with van der Waals surface area (Å²) in [5.74, 6) is -0.445. The van der Waals surface area contributed by atoms with Crippen LogP contribution in [0.1, 0.15) is 11.1 Å². The minimum atomic E-state index is -3.62. The summed E-state index contributed by atoms with van der Waals surface area (Å²) in [5, 5.41) is 0. The summed E-state index contributed by atoms with van der Waals surface area (Å²) in [5.41, 5.74) is 1.26. The van der Waals surface area contributed by atoms with Gasteiger partial charge in [0.25, 0.3) is 0 Å². The molecule has 1 N–H and O–H groups in total. The van der Waals surface area contributed by atoms with Crippen LogP contribution < -0.4 is 4.72 Å². The lowest BCUT2D eigenvalue weighted by molar-refractivity contribution is 0.579. The zero-order valence-electron chi connectivity index (χ0n) is 10.7. The van der Waals surface area contributed by atoms with Crippen LogP contribution in [0.25, 0.3) is 0 Å². The summed E-state index contributed by atoms with van der Waals surface area (Å²) in [6.45, 7) is 1.78. The zero-order chi connectivity index (χ0) is 14.0. The molecule has 102 valence electrons. The Hall–Kier alpha value is -1.66. The molecule has 0 spiro atoms. The van der Waals surface area contributed by atoms with Gasteiger partial charge in [-0.05, 0) is 42.3 Å². The zero-order valence-corrected chi connectivity index (χ0v) is 11.5. The van der Waals surface area contributed by atoms with Crippen LogP contribution in [0, 0.1) is 12.7 Å². The van der Waals surface area contributed by atoms with E-state index in [1.165, 1.54) is 12.1 Å². The summed E-state index contributed by atoms with van der Waals surface area (Å²) in [4.78, 5) is 0.102. The summed E-state index contributed by atoms with van der Waals surface area (Å²) in [6.07, 6.45) is 3.67. The number of nitrogens with one attached hydrogen (secondary N) is 1. The molecule has 4 nitrogen and oxygen atoms in total. The van der Waals surface area contributed by atoms with Crippen LogP contribution in [0.4, 0.5) is 4.39 Å². The number of rotatable bonds is 4. The predicted octanol–water partition coefficient (Wildman–Crippen LogP) is 1.95. The van der Waals surface area contributed by atoms with Gasteiger partial charge in [0.1, 0.15) is 5.82 Å². The van der Waals surface area contributed by atoms with Crippen molar-refractivity contribution in [1.82, 2.24) is 9.29 Å². The van der Waals surface area contributed by atoms with Gasteiger partial charge in [-0.1, -0.05) is 0 Å². The van der Waals surface area contributed by atoms with Crippen molar-refractivity contribution in [2.45, 2.75) is 18.4 Å². The van der Waals surface area contributed by atoms with Crippen molar-refractivity contribution < 1.29 is 12.8 Å². The Morgan fingerprint density at radius 1 is 1.32 bits per heavy atom. The molecular weight excluding hydrogens is 267 g/mol. The van der Waals surface area contributed by atoms with Gasteiger partial charge in [-0.2, -0.15) is 0 Å². The summed E-state index contributed by atoms with van der Waals surface area (Å²) in [7, 11) is -1.76. The van der Waals surface area contributed by atoms with Crippen LogP contribution in [0.3, 0.4) is 0 Å². The highest BCUT2D eigenvalue weighted by Gasteiger charge is 2.16. The van der Waals surface area contributed by atoms with E-state index in [4.69, 9.17) is 0 Å². The van der Waals surface area contributed by atoms with Crippen molar-refractivity contribution in [1.29, 1.82) is 0 Å². The molecule has 0 bridgehead atoms. The van der Waals surface area contributed by atoms with Gasteiger partial charge in [0.2, 0.25) is 10.0 Å². The molecule has 0 saturated carbocycles. The highest BCUT2D eigenvalue weighted by atomic mass is 32.2. The minimum Gasteiger partial charge on any atom is -0.357 e. The maximum atomic E-state index is 13.0. The van der Waals surface area contributed by atoms with Gasteiger partial charge in [0.15, 0.2) is 0 Å². The van der Waals surface area contributed by atoms with E-state index in [0.717, 1.165) is 11.6 Å². The van der Waals surface area contributed by atoms with Crippen LogP contribution in [0.5, 0.6) is 0 Å². The summed E-state index contributed by atoms with van der Waals surface area (Å²) >= 11 is 0. The predicted molar refractivity (Wildman–Crippen MR) is 70.6 cm³/mol. The second kappa shape index (κ2) is 5.14. The molecule has 6 heteroatoms. The lowest BCUT2D eigenvalue weighted by Gasteiger charge is -2.08. The molecular formula is C13H15FN2O2S. The molecule has 0 unspecified atom stereocenters. The topological polar surface area (TPSA) is 51.1 Å². The normalized spacial score (nSPS) is 11.7. The number of sulfonamides is 1. The molecule has 0 saturated heterocycles. The average Bonchev–Trinajstić information content (AvgIpc) is 2.72. The molecule has 2 aromatic rings. The Kier molecular flexibility index (Phi) is 3.73. The van der Waals surface area contributed by atoms with Gasteiger partial charge >= 0.3 is 0 Å². The minimum absolute atomic E-state index is 0.102. The van der Waals surface area contributed by atoms with Crippen molar-refractivity contribution >= 4 is 10.0 Å². The van der Waals surface area contributed by atoms with Gasteiger partial charge in [-0.15, -0.1) is 0 Å². The molecule has 1 aromatic carbocycles. The molecule has 2 rings (SSSR count). The van der Waals surface area contributed by atoms with Gasteiger partial charge in [0.05, 0.1) is 4.90 Å². The van der Waals surface area contributed by atoms with Crippen LogP contribution in [-0.2, 0) is 23.6 Å². The van der Waals surface area contributed by atoms with E-state index in [1.54, 1.807) is 6.92 Å². The van der Waals surface area contributed by atoms with Crippen LogP contribution in [0.15, 0.2) is 41.6 Å². The summed E-state index contributed by atoms with van der Waals surface area (Å²) < 4.78 is 41.5. The van der Waals surface area contributed by atoms with E-state index in [0.29, 0.717) is 5.56 Å². The number of aryl methyl sites for hydroxylation is 2. The van der Waals surface area contributed by atoms with Gasteiger partial charge in [-0.25, -0.2) is 17.5 Å². The largest absolute Gasteiger partial charge is 0.357 e. The van der Waals surface area contributed by atoms with Gasteiger partial charge in [-0.3, -0.25) is 0 Å². The maximum Gasteiger partial charge on any atom is 0.241 e. The molecule has 0 aliphatic heterocycles. The molecule has 0 fully saturated rings. The lowest BCUT2D eigenvalue weighted by atomic mass is 10.2. The maximum absolute atomic E-state index is 13.0. The van der Waals surface area contributed by atoms with Crippen LogP contribution in [0.2, 0.25) is 0 Å². The molecule has 1 aromatic heterocycles. The number of aromatic nitrogens is 1. The van der Waals surface area contributed by atoms with E-state index in [1.807, 2.05) is 30.1 Å². The van der Waals surface area contributed by atoms with Gasteiger partial charge < -0.3 is 4.57 Å². The Morgan fingerprint density at radius 2 is 2.05 bits per heavy atom. The van der Waals surface area contributed by atoms with Crippen molar-refractivity contribution in [3.05, 3.63) is 53.6 Å². The Labute approximate surface area is 111 Å². The molecule has 0 radical (unpaired) electrons. The highest BCUT2D eigenvalue weighted by Crippen LogP contribution is 2.16. The van der Waals surface area contributed by atoms with Crippen LogP contribution >= 0.6 is 0 Å². The number of halogens is 1. The van der Waals surface area contributed by atoms with Crippen molar-refractivity contribution in [2.75, 3.05) is 0 Å². The first-order valence-corrected chi connectivity index (χ1v) is 7.23. The monoisotopic (exact) mass is 282 g/mol. The smallest absolute Gasteiger partial charge is 0.241 e. The van der Waals surface area contributed by atoms with Crippen molar-refractivity contribution in [3.63, 3.8) is 0 Å². The van der Waals surface area contributed by atoms with E-state index in [2.05, 4.69) is 4.72 Å². The number of hydrogen-bond donors (Lipinski definition) is 1. The third kappa shape index (κ3) is 3.21. The fourth-order valence-electron chi connectivity index (χ4n) is 1.84. The Balaban J connectivity index is 2.18. The van der Waals surface area contributed by atoms with Crippen LogP contribution in [-0.4, -0.2) is 13.0 Å². The Bertz CT molecular complexity index is 692. The molecule has 1 heterocycles. The highest BCUT2D eigenvalue weighted by molar-refractivity contribution is 7.89. The Morgan fingerprint density at radius 3 is 2.63 bits per heavy atom. The average molecular weight is 282 g/mol. The fraction of sp³-hybridized carbons (Fsp3) is 0.231. The molecule has 0 aliphatic carbocycles. The van der Waals surface area contributed by atoms with Gasteiger partial charge in [0, 0.05) is 26.0 Å². The standard InChI is InChI=1S/C13H15FN2O2S/c1-10-7-12(14)3-4-13(10)19(17,18)15-8-11-5-6-16(2)9-11/h3-7,9,15H,8H2,1-2H3. The molecule has 0 aliphatic rings. The number of nitrogens with zero attached hydrogens (tertiary/aromatic N) is 1. The number of benzene rings is 1. The molecule has 0 amide bonds. The summed E-state index contributed by atoms with van der Waals surface area (Å²) in [6, 6.07) is 5.46. The van der Waals surface area contributed by atoms with E-state index >= 15 is 0 Å². The molecule has 19 heavy (non-hydrogen) atoms. The van der Waals surface area contributed by atoms with Crippen molar-refractivity contribution in [2.24, 2.45) is 7.05 Å². The van der Waals surface area contributed by atoms with E-state index < -0.39 is 15.8 Å². The molecule has 0 atom stereocenters.